The fourth-order valence-electron chi connectivity index (χ4n) is 2.72. The van der Waals surface area contributed by atoms with Gasteiger partial charge in [-0.1, -0.05) is 29.8 Å². The van der Waals surface area contributed by atoms with E-state index in [-0.39, 0.29) is 35.9 Å². The number of nitriles is 1. The number of aryl methyl sites for hydroxylation is 1. The highest BCUT2D eigenvalue weighted by molar-refractivity contribution is 6.00. The van der Waals surface area contributed by atoms with Crippen molar-refractivity contribution in [1.29, 1.82) is 5.26 Å². The van der Waals surface area contributed by atoms with Gasteiger partial charge < -0.3 is 20.9 Å². The summed E-state index contributed by atoms with van der Waals surface area (Å²) in [6.07, 6.45) is -0.706. The smallest absolute Gasteiger partial charge is 0.343 e. The van der Waals surface area contributed by atoms with Crippen molar-refractivity contribution in [2.45, 2.75) is 13.0 Å². The van der Waals surface area contributed by atoms with E-state index in [0.717, 1.165) is 11.1 Å². The largest absolute Gasteiger partial charge is 0.449 e. The molecule has 3 rings (SSSR count). The lowest BCUT2D eigenvalue weighted by Gasteiger charge is -2.15. The Kier molecular flexibility index (Phi) is 4.06. The number of aliphatic hydroxyl groups is 1. The van der Waals surface area contributed by atoms with Crippen LogP contribution in [0.3, 0.4) is 0 Å². The van der Waals surface area contributed by atoms with Crippen molar-refractivity contribution in [2.24, 2.45) is 0 Å². The normalized spacial score (nSPS) is 15.5. The minimum Gasteiger partial charge on any atom is -0.449 e. The zero-order valence-electron chi connectivity index (χ0n) is 13.0. The second-order valence-corrected chi connectivity index (χ2v) is 5.47. The predicted molar refractivity (Wildman–Crippen MR) is 87.4 cm³/mol. The van der Waals surface area contributed by atoms with Gasteiger partial charge in [0.15, 0.2) is 6.10 Å². The highest BCUT2D eigenvalue weighted by Crippen LogP contribution is 2.41. The van der Waals surface area contributed by atoms with E-state index in [9.17, 15) is 10.1 Å². The third kappa shape index (κ3) is 2.53. The number of carbonyl (C=O) groups is 1. The van der Waals surface area contributed by atoms with Gasteiger partial charge in [-0.2, -0.15) is 5.26 Å². The van der Waals surface area contributed by atoms with Gasteiger partial charge in [0.05, 0.1) is 6.61 Å². The molecule has 1 atom stereocenters. The number of anilines is 2. The van der Waals surface area contributed by atoms with Gasteiger partial charge in [0.2, 0.25) is 0 Å². The Bertz CT molecular complexity index is 840. The molecule has 0 radical (unpaired) electrons. The van der Waals surface area contributed by atoms with Crippen LogP contribution in [0.5, 0.6) is 0 Å². The number of nitrogens with two attached hydrogens (primary N) is 1. The standard InChI is InChI=1S/C17H16N4O3/c1-9-2-4-10(5-3-9)14-12-11(8-18)16(20-6-7-22)21-15(19)13(12)17(23)24-14/h2-5,14,22H,6-7H2,1H3,(H3,19,20,21). The Morgan fingerprint density at radius 2 is 2.12 bits per heavy atom. The Hall–Kier alpha value is -3.11. The highest BCUT2D eigenvalue weighted by atomic mass is 16.5. The summed E-state index contributed by atoms with van der Waals surface area (Å²) in [6.45, 7) is 2.04. The number of aliphatic hydroxyl groups excluding tert-OH is 1. The third-order valence-corrected chi connectivity index (χ3v) is 3.85. The van der Waals surface area contributed by atoms with E-state index in [2.05, 4.69) is 16.4 Å². The highest BCUT2D eigenvalue weighted by Gasteiger charge is 2.38. The summed E-state index contributed by atoms with van der Waals surface area (Å²) in [5.41, 5.74) is 8.47. The molecule has 0 saturated carbocycles. The molecule has 4 N–H and O–H groups in total. The van der Waals surface area contributed by atoms with Gasteiger partial charge in [-0.05, 0) is 12.5 Å². The van der Waals surface area contributed by atoms with E-state index < -0.39 is 12.1 Å². The summed E-state index contributed by atoms with van der Waals surface area (Å²) < 4.78 is 5.45. The lowest BCUT2D eigenvalue weighted by molar-refractivity contribution is 0.0456. The van der Waals surface area contributed by atoms with Crippen molar-refractivity contribution in [1.82, 2.24) is 4.98 Å². The van der Waals surface area contributed by atoms with Gasteiger partial charge >= 0.3 is 5.97 Å². The maximum atomic E-state index is 12.2. The second-order valence-electron chi connectivity index (χ2n) is 5.47. The van der Waals surface area contributed by atoms with Crippen LogP contribution in [0.2, 0.25) is 0 Å². The van der Waals surface area contributed by atoms with Crippen LogP contribution < -0.4 is 11.1 Å². The third-order valence-electron chi connectivity index (χ3n) is 3.85. The number of cyclic esters (lactones) is 1. The molecule has 24 heavy (non-hydrogen) atoms. The number of nitrogens with one attached hydrogen (secondary N) is 1. The van der Waals surface area contributed by atoms with Crippen LogP contribution in [0.4, 0.5) is 11.6 Å². The molecule has 0 saturated heterocycles. The molecule has 1 aliphatic rings. The number of hydrogen-bond donors (Lipinski definition) is 3. The summed E-state index contributed by atoms with van der Waals surface area (Å²) >= 11 is 0. The van der Waals surface area contributed by atoms with Crippen molar-refractivity contribution in [3.05, 3.63) is 52.1 Å². The topological polar surface area (TPSA) is 121 Å². The van der Waals surface area contributed by atoms with Crippen LogP contribution in [0.15, 0.2) is 24.3 Å². The van der Waals surface area contributed by atoms with Gasteiger partial charge in [-0.25, -0.2) is 9.78 Å². The number of fused-ring (bicyclic) bond motifs is 1. The number of rotatable bonds is 4. The molecule has 1 aliphatic heterocycles. The van der Waals surface area contributed by atoms with Gasteiger partial charge in [0.1, 0.15) is 28.8 Å². The van der Waals surface area contributed by atoms with E-state index in [1.165, 1.54) is 0 Å². The SMILES string of the molecule is Cc1ccc(C2OC(=O)c3c(N)nc(NCCO)c(C#N)c32)cc1. The Balaban J connectivity index is 2.18. The quantitative estimate of drug-likeness (QED) is 0.729. The molecule has 0 aliphatic carbocycles. The molecule has 0 spiro atoms. The molecule has 122 valence electrons. The molecule has 2 heterocycles. The fourth-order valence-corrected chi connectivity index (χ4v) is 2.72. The minimum absolute atomic E-state index is 0.00375. The Labute approximate surface area is 138 Å². The predicted octanol–water partition coefficient (Wildman–Crippen LogP) is 1.51. The lowest BCUT2D eigenvalue weighted by atomic mass is 9.95. The van der Waals surface area contributed by atoms with E-state index >= 15 is 0 Å². The Morgan fingerprint density at radius 1 is 1.42 bits per heavy atom. The van der Waals surface area contributed by atoms with Gasteiger partial charge in [0.25, 0.3) is 0 Å². The molecular weight excluding hydrogens is 308 g/mol. The van der Waals surface area contributed by atoms with Crippen molar-refractivity contribution in [3.63, 3.8) is 0 Å². The Morgan fingerprint density at radius 3 is 2.75 bits per heavy atom. The lowest BCUT2D eigenvalue weighted by Crippen LogP contribution is -2.13. The summed E-state index contributed by atoms with van der Waals surface area (Å²) in [5, 5.41) is 21.4. The summed E-state index contributed by atoms with van der Waals surface area (Å²) in [4.78, 5) is 16.3. The fraction of sp³-hybridized carbons (Fsp3) is 0.235. The number of hydrogen-bond acceptors (Lipinski definition) is 7. The first-order valence-corrected chi connectivity index (χ1v) is 7.42. The van der Waals surface area contributed by atoms with Gasteiger partial charge in [0, 0.05) is 12.1 Å². The average molecular weight is 324 g/mol. The number of pyridine rings is 1. The first-order chi connectivity index (χ1) is 11.6. The molecule has 0 bridgehead atoms. The van der Waals surface area contributed by atoms with Crippen molar-refractivity contribution >= 4 is 17.6 Å². The molecule has 0 amide bonds. The number of carbonyl (C=O) groups excluding carboxylic acids is 1. The monoisotopic (exact) mass is 324 g/mol. The second kappa shape index (κ2) is 6.18. The van der Waals surface area contributed by atoms with Crippen LogP contribution in [-0.2, 0) is 4.74 Å². The number of nitrogens with zero attached hydrogens (tertiary/aromatic N) is 2. The van der Waals surface area contributed by atoms with Crippen molar-refractivity contribution < 1.29 is 14.6 Å². The molecule has 7 nitrogen and oxygen atoms in total. The number of esters is 1. The molecule has 1 aromatic carbocycles. The first kappa shape index (κ1) is 15.8. The van der Waals surface area contributed by atoms with Gasteiger partial charge in [-0.3, -0.25) is 0 Å². The van der Waals surface area contributed by atoms with Crippen molar-refractivity contribution in [3.8, 4) is 6.07 Å². The number of nitrogen functional groups attached to an aromatic ring is 1. The van der Waals surface area contributed by atoms with Crippen LogP contribution >= 0.6 is 0 Å². The van der Waals surface area contributed by atoms with Crippen LogP contribution in [0.25, 0.3) is 0 Å². The average Bonchev–Trinajstić information content (AvgIpc) is 2.92. The van der Waals surface area contributed by atoms with Crippen molar-refractivity contribution in [2.75, 3.05) is 24.2 Å². The molecule has 1 aromatic heterocycles. The first-order valence-electron chi connectivity index (χ1n) is 7.42. The molecule has 0 fully saturated rings. The zero-order valence-corrected chi connectivity index (χ0v) is 13.0. The molecule has 2 aromatic rings. The minimum atomic E-state index is -0.706. The summed E-state index contributed by atoms with van der Waals surface area (Å²) in [5.74, 6) is -0.354. The molecule has 1 unspecified atom stereocenters. The number of ether oxygens (including phenoxy) is 1. The van der Waals surface area contributed by atoms with Crippen LogP contribution in [0.1, 0.15) is 38.7 Å². The summed E-state index contributed by atoms with van der Waals surface area (Å²) in [7, 11) is 0. The van der Waals surface area contributed by atoms with Gasteiger partial charge in [-0.15, -0.1) is 0 Å². The zero-order chi connectivity index (χ0) is 17.3. The number of benzene rings is 1. The van der Waals surface area contributed by atoms with E-state index in [1.807, 2.05) is 31.2 Å². The molecule has 7 heteroatoms. The van der Waals surface area contributed by atoms with Crippen LogP contribution in [0, 0.1) is 18.3 Å². The van der Waals surface area contributed by atoms with E-state index in [1.54, 1.807) is 0 Å². The maximum absolute atomic E-state index is 12.2. The number of aromatic nitrogens is 1. The maximum Gasteiger partial charge on any atom is 0.343 e. The van der Waals surface area contributed by atoms with E-state index in [0.29, 0.717) is 5.56 Å². The summed E-state index contributed by atoms with van der Waals surface area (Å²) in [6, 6.07) is 9.58. The van der Waals surface area contributed by atoms with Crippen LogP contribution in [-0.4, -0.2) is 29.2 Å². The molecular formula is C17H16N4O3. The van der Waals surface area contributed by atoms with E-state index in [4.69, 9.17) is 15.6 Å².